The van der Waals surface area contributed by atoms with Crippen molar-refractivity contribution in [2.24, 2.45) is 0 Å². The summed E-state index contributed by atoms with van der Waals surface area (Å²) in [5.41, 5.74) is 4.23. The van der Waals surface area contributed by atoms with Crippen molar-refractivity contribution in [1.29, 1.82) is 0 Å². The molecule has 21 heavy (non-hydrogen) atoms. The number of aromatic nitrogens is 2. The van der Waals surface area contributed by atoms with E-state index in [1.807, 2.05) is 0 Å². The van der Waals surface area contributed by atoms with Crippen LogP contribution in [0.1, 0.15) is 60.3 Å². The molecule has 112 valence electrons. The number of nitrogens with one attached hydrogen (secondary N) is 1. The largest absolute Gasteiger partial charge is 0.309 e. The topological polar surface area (TPSA) is 37.8 Å². The summed E-state index contributed by atoms with van der Waals surface area (Å²) in [5.74, 6) is 0.683. The minimum atomic E-state index is 0.401. The molecule has 2 aromatic rings. The van der Waals surface area contributed by atoms with Gasteiger partial charge in [-0.05, 0) is 60.8 Å². The van der Waals surface area contributed by atoms with E-state index < -0.39 is 0 Å². The Bertz CT molecular complexity index is 593. The Labute approximate surface area is 131 Å². The maximum atomic E-state index is 4.29. The zero-order valence-electron chi connectivity index (χ0n) is 12.8. The van der Waals surface area contributed by atoms with Gasteiger partial charge in [-0.3, -0.25) is 0 Å². The summed E-state index contributed by atoms with van der Waals surface area (Å²) in [6.45, 7) is 5.43. The van der Waals surface area contributed by atoms with E-state index in [4.69, 9.17) is 0 Å². The third-order valence-electron chi connectivity index (χ3n) is 4.36. The van der Waals surface area contributed by atoms with Crippen molar-refractivity contribution < 1.29 is 0 Å². The van der Waals surface area contributed by atoms with Crippen LogP contribution in [0.25, 0.3) is 0 Å². The summed E-state index contributed by atoms with van der Waals surface area (Å²) in [4.78, 5) is 1.34. The Hall–Kier alpha value is -1.26. The standard InChI is InChI=1S/C17H23N3S/c1-3-9-18-16(17-15(4-2)19-20-21-17)11-13-10-12-7-5-6-8-14(12)13/h5-8,13,16,18H,3-4,9-11H2,1-2H3. The molecule has 4 heteroatoms. The lowest BCUT2D eigenvalue weighted by molar-refractivity contribution is 0.430. The fourth-order valence-electron chi connectivity index (χ4n) is 3.18. The molecule has 2 unspecified atom stereocenters. The van der Waals surface area contributed by atoms with Crippen LogP contribution in [0.2, 0.25) is 0 Å². The molecular weight excluding hydrogens is 278 g/mol. The highest BCUT2D eigenvalue weighted by Crippen LogP contribution is 2.41. The van der Waals surface area contributed by atoms with Crippen LogP contribution in [0.5, 0.6) is 0 Å². The first-order valence-corrected chi connectivity index (χ1v) is 8.73. The zero-order chi connectivity index (χ0) is 14.7. The fraction of sp³-hybridized carbons (Fsp3) is 0.529. The van der Waals surface area contributed by atoms with E-state index in [0.717, 1.165) is 25.8 Å². The van der Waals surface area contributed by atoms with E-state index in [1.165, 1.54) is 28.1 Å². The van der Waals surface area contributed by atoms with Crippen LogP contribution >= 0.6 is 11.5 Å². The fourth-order valence-corrected chi connectivity index (χ4v) is 4.01. The SMILES string of the molecule is CCCNC(CC1Cc2ccccc21)c1snnc1CC. The van der Waals surface area contributed by atoms with Gasteiger partial charge in [0.2, 0.25) is 0 Å². The lowest BCUT2D eigenvalue weighted by atomic mass is 9.74. The lowest BCUT2D eigenvalue weighted by Crippen LogP contribution is -2.27. The number of hydrogen-bond donors (Lipinski definition) is 1. The summed E-state index contributed by atoms with van der Waals surface area (Å²) >= 11 is 1.57. The van der Waals surface area contributed by atoms with Crippen LogP contribution in [-0.2, 0) is 12.8 Å². The van der Waals surface area contributed by atoms with Gasteiger partial charge in [0.1, 0.15) is 0 Å². The quantitative estimate of drug-likeness (QED) is 0.843. The Kier molecular flexibility index (Phi) is 4.66. The van der Waals surface area contributed by atoms with Crippen molar-refractivity contribution in [1.82, 2.24) is 14.9 Å². The Morgan fingerprint density at radius 2 is 2.19 bits per heavy atom. The second-order valence-electron chi connectivity index (χ2n) is 5.78. The first-order chi connectivity index (χ1) is 10.3. The maximum Gasteiger partial charge on any atom is 0.0800 e. The smallest absolute Gasteiger partial charge is 0.0800 e. The van der Waals surface area contributed by atoms with Gasteiger partial charge in [0.25, 0.3) is 0 Å². The number of hydrogen-bond acceptors (Lipinski definition) is 4. The second kappa shape index (κ2) is 6.67. The van der Waals surface area contributed by atoms with Crippen LogP contribution < -0.4 is 5.32 Å². The molecule has 3 rings (SSSR count). The zero-order valence-corrected chi connectivity index (χ0v) is 13.6. The molecular formula is C17H23N3S. The van der Waals surface area contributed by atoms with Crippen molar-refractivity contribution in [3.05, 3.63) is 46.0 Å². The Morgan fingerprint density at radius 3 is 2.95 bits per heavy atom. The summed E-state index contributed by atoms with van der Waals surface area (Å²) in [6.07, 6.45) is 4.50. The first-order valence-electron chi connectivity index (χ1n) is 7.95. The van der Waals surface area contributed by atoms with Gasteiger partial charge >= 0.3 is 0 Å². The van der Waals surface area contributed by atoms with E-state index in [9.17, 15) is 0 Å². The molecule has 1 aromatic heterocycles. The van der Waals surface area contributed by atoms with Gasteiger partial charge in [-0.15, -0.1) is 5.10 Å². The van der Waals surface area contributed by atoms with Crippen LogP contribution in [0, 0.1) is 0 Å². The predicted molar refractivity (Wildman–Crippen MR) is 87.8 cm³/mol. The van der Waals surface area contributed by atoms with E-state index in [-0.39, 0.29) is 0 Å². The highest BCUT2D eigenvalue weighted by atomic mass is 32.1. The third kappa shape index (κ3) is 3.01. The first kappa shape index (κ1) is 14.7. The van der Waals surface area contributed by atoms with Gasteiger partial charge < -0.3 is 5.32 Å². The second-order valence-corrected chi connectivity index (χ2v) is 6.57. The molecule has 3 nitrogen and oxygen atoms in total. The molecule has 0 bridgehead atoms. The summed E-state index contributed by atoms with van der Waals surface area (Å²) < 4.78 is 4.17. The third-order valence-corrected chi connectivity index (χ3v) is 5.24. The van der Waals surface area contributed by atoms with Crippen LogP contribution in [-0.4, -0.2) is 16.1 Å². The van der Waals surface area contributed by atoms with Crippen molar-refractivity contribution in [2.75, 3.05) is 6.54 Å². The molecule has 0 amide bonds. The van der Waals surface area contributed by atoms with Gasteiger partial charge in [0, 0.05) is 6.04 Å². The molecule has 0 radical (unpaired) electrons. The van der Waals surface area contributed by atoms with Gasteiger partial charge in [0.05, 0.1) is 10.6 Å². The normalized spacial score (nSPS) is 18.1. The molecule has 2 atom stereocenters. The number of aryl methyl sites for hydroxylation is 1. The number of nitrogens with zero attached hydrogens (tertiary/aromatic N) is 2. The Morgan fingerprint density at radius 1 is 1.33 bits per heavy atom. The van der Waals surface area contributed by atoms with Crippen molar-refractivity contribution in [2.45, 2.75) is 51.5 Å². The number of fused-ring (bicyclic) bond motifs is 1. The van der Waals surface area contributed by atoms with Gasteiger partial charge in [-0.25, -0.2) is 0 Å². The van der Waals surface area contributed by atoms with Crippen molar-refractivity contribution in [3.63, 3.8) is 0 Å². The highest BCUT2D eigenvalue weighted by Gasteiger charge is 2.30. The summed E-state index contributed by atoms with van der Waals surface area (Å²) in [6, 6.07) is 9.24. The van der Waals surface area contributed by atoms with E-state index in [2.05, 4.69) is 53.0 Å². The molecule has 0 aliphatic heterocycles. The van der Waals surface area contributed by atoms with Gasteiger partial charge in [-0.2, -0.15) is 0 Å². The van der Waals surface area contributed by atoms with E-state index >= 15 is 0 Å². The van der Waals surface area contributed by atoms with Crippen LogP contribution in [0.3, 0.4) is 0 Å². The molecule has 0 saturated carbocycles. The Balaban J connectivity index is 1.75. The molecule has 1 N–H and O–H groups in total. The minimum Gasteiger partial charge on any atom is -0.309 e. The minimum absolute atomic E-state index is 0.401. The summed E-state index contributed by atoms with van der Waals surface area (Å²) in [5, 5.41) is 7.99. The van der Waals surface area contributed by atoms with Gasteiger partial charge in [-0.1, -0.05) is 42.6 Å². The molecule has 0 saturated heterocycles. The number of benzene rings is 1. The van der Waals surface area contributed by atoms with Crippen molar-refractivity contribution >= 4 is 11.5 Å². The molecule has 1 heterocycles. The molecule has 1 aliphatic carbocycles. The average molecular weight is 301 g/mol. The average Bonchev–Trinajstić information content (AvgIpc) is 2.96. The molecule has 1 aliphatic rings. The number of rotatable bonds is 7. The monoisotopic (exact) mass is 301 g/mol. The predicted octanol–water partition coefficient (Wildman–Crippen LogP) is 3.87. The van der Waals surface area contributed by atoms with Gasteiger partial charge in [0.15, 0.2) is 0 Å². The van der Waals surface area contributed by atoms with Crippen molar-refractivity contribution in [3.8, 4) is 0 Å². The lowest BCUT2D eigenvalue weighted by Gasteiger charge is -2.33. The van der Waals surface area contributed by atoms with E-state index in [1.54, 1.807) is 11.5 Å². The van der Waals surface area contributed by atoms with Crippen LogP contribution in [0.4, 0.5) is 0 Å². The van der Waals surface area contributed by atoms with E-state index in [0.29, 0.717) is 12.0 Å². The highest BCUT2D eigenvalue weighted by molar-refractivity contribution is 7.05. The molecule has 1 aromatic carbocycles. The maximum absolute atomic E-state index is 4.29. The molecule has 0 fully saturated rings. The summed E-state index contributed by atoms with van der Waals surface area (Å²) in [7, 11) is 0. The van der Waals surface area contributed by atoms with Crippen LogP contribution in [0.15, 0.2) is 24.3 Å². The molecule has 0 spiro atoms.